The van der Waals surface area contributed by atoms with Gasteiger partial charge in [-0.1, -0.05) is 46.3 Å². The van der Waals surface area contributed by atoms with Crippen molar-refractivity contribution in [3.63, 3.8) is 0 Å². The van der Waals surface area contributed by atoms with Crippen LogP contribution in [0.4, 0.5) is 0 Å². The summed E-state index contributed by atoms with van der Waals surface area (Å²) in [6.07, 6.45) is 4.54. The molecule has 110 valence electrons. The first-order chi connectivity index (χ1) is 10.2. The fourth-order valence-electron chi connectivity index (χ4n) is 2.68. The topological polar surface area (TPSA) is 38.1 Å². The van der Waals surface area contributed by atoms with Crippen molar-refractivity contribution >= 4 is 21.8 Å². The van der Waals surface area contributed by atoms with E-state index in [0.29, 0.717) is 18.9 Å². The number of carbonyl (C=O) groups excluding carboxylic acids is 1. The smallest absolute Gasteiger partial charge is 0.223 e. The van der Waals surface area contributed by atoms with Gasteiger partial charge in [-0.05, 0) is 11.5 Å². The van der Waals surface area contributed by atoms with Gasteiger partial charge in [0.25, 0.3) is 0 Å². The summed E-state index contributed by atoms with van der Waals surface area (Å²) in [6.45, 7) is 2.27. The van der Waals surface area contributed by atoms with Crippen molar-refractivity contribution in [3.05, 3.63) is 53.9 Å². The summed E-state index contributed by atoms with van der Waals surface area (Å²) in [5.74, 6) is 0.687. The van der Waals surface area contributed by atoms with Crippen molar-refractivity contribution < 1.29 is 4.79 Å². The van der Waals surface area contributed by atoms with Gasteiger partial charge in [0.2, 0.25) is 5.91 Å². The van der Waals surface area contributed by atoms with Crippen molar-refractivity contribution in [2.75, 3.05) is 11.9 Å². The van der Waals surface area contributed by atoms with E-state index in [4.69, 9.17) is 0 Å². The Balaban J connectivity index is 1.62. The zero-order chi connectivity index (χ0) is 14.7. The number of aromatic nitrogens is 2. The normalized spacial score (nSPS) is 18.4. The van der Waals surface area contributed by atoms with Crippen LogP contribution in [0.3, 0.4) is 0 Å². The van der Waals surface area contributed by atoms with Crippen LogP contribution in [0, 0.1) is 5.92 Å². The van der Waals surface area contributed by atoms with Crippen molar-refractivity contribution in [2.24, 2.45) is 5.92 Å². The fourth-order valence-corrected chi connectivity index (χ4v) is 3.11. The summed E-state index contributed by atoms with van der Waals surface area (Å²) in [7, 11) is 0. The Kier molecular flexibility index (Phi) is 4.39. The minimum Gasteiger partial charge on any atom is -0.338 e. The van der Waals surface area contributed by atoms with E-state index in [1.807, 2.05) is 40.2 Å². The summed E-state index contributed by atoms with van der Waals surface area (Å²) in [4.78, 5) is 13.9. The van der Waals surface area contributed by atoms with E-state index >= 15 is 0 Å². The first-order valence-electron chi connectivity index (χ1n) is 7.13. The van der Waals surface area contributed by atoms with E-state index in [1.54, 1.807) is 0 Å². The quantitative estimate of drug-likeness (QED) is 0.780. The molecule has 1 aromatic carbocycles. The van der Waals surface area contributed by atoms with Crippen molar-refractivity contribution in [3.8, 4) is 0 Å². The number of carbonyl (C=O) groups is 1. The van der Waals surface area contributed by atoms with E-state index in [-0.39, 0.29) is 5.91 Å². The summed E-state index contributed by atoms with van der Waals surface area (Å²) in [5.41, 5.74) is 2.32. The van der Waals surface area contributed by atoms with Gasteiger partial charge in [-0.25, -0.2) is 0 Å². The Morgan fingerprint density at radius 3 is 2.71 bits per heavy atom. The maximum Gasteiger partial charge on any atom is 0.223 e. The first-order valence-corrected chi connectivity index (χ1v) is 8.25. The number of rotatable bonds is 5. The van der Waals surface area contributed by atoms with E-state index in [0.717, 1.165) is 24.0 Å². The minimum atomic E-state index is 0.246. The number of likely N-dealkylation sites (tertiary alicyclic amines) is 1. The van der Waals surface area contributed by atoms with Gasteiger partial charge >= 0.3 is 0 Å². The van der Waals surface area contributed by atoms with Crippen LogP contribution < -0.4 is 0 Å². The molecule has 0 bridgehead atoms. The second kappa shape index (κ2) is 6.43. The van der Waals surface area contributed by atoms with Gasteiger partial charge in [-0.2, -0.15) is 5.10 Å². The predicted molar refractivity (Wildman–Crippen MR) is 85.1 cm³/mol. The Labute approximate surface area is 132 Å². The summed E-state index contributed by atoms with van der Waals surface area (Å²) >= 11 is 3.46. The zero-order valence-corrected chi connectivity index (χ0v) is 13.4. The molecule has 1 aliphatic heterocycles. The molecule has 0 saturated carbocycles. The van der Waals surface area contributed by atoms with Crippen LogP contribution in [0.5, 0.6) is 0 Å². The third-order valence-corrected chi connectivity index (χ3v) is 4.68. The van der Waals surface area contributed by atoms with Crippen LogP contribution in [0.25, 0.3) is 0 Å². The highest BCUT2D eigenvalue weighted by Gasteiger charge is 2.28. The molecular weight excluding hydrogens is 330 g/mol. The van der Waals surface area contributed by atoms with Crippen molar-refractivity contribution in [1.29, 1.82) is 0 Å². The monoisotopic (exact) mass is 347 g/mol. The molecule has 1 atom stereocenters. The molecular formula is C16H18BrN3O. The fraction of sp³-hybridized carbons (Fsp3) is 0.375. The van der Waals surface area contributed by atoms with Gasteiger partial charge in [0, 0.05) is 36.6 Å². The van der Waals surface area contributed by atoms with Crippen molar-refractivity contribution in [2.45, 2.75) is 19.5 Å². The molecule has 0 spiro atoms. The molecule has 1 unspecified atom stereocenters. The van der Waals surface area contributed by atoms with Crippen LogP contribution >= 0.6 is 15.9 Å². The molecule has 21 heavy (non-hydrogen) atoms. The molecule has 1 amide bonds. The number of hydrogen-bond acceptors (Lipinski definition) is 2. The summed E-state index contributed by atoms with van der Waals surface area (Å²) in [6, 6.07) is 10.3. The molecule has 1 aromatic heterocycles. The maximum atomic E-state index is 11.9. The summed E-state index contributed by atoms with van der Waals surface area (Å²) in [5, 5.41) is 5.28. The number of benzene rings is 1. The third kappa shape index (κ3) is 3.53. The SMILES string of the molecule is O=C1CC(CBr)CN1Cc1cnn(Cc2ccccc2)c1. The molecule has 0 radical (unpaired) electrons. The molecule has 0 N–H and O–H groups in total. The van der Waals surface area contributed by atoms with Gasteiger partial charge in [0.05, 0.1) is 12.7 Å². The van der Waals surface area contributed by atoms with Crippen LogP contribution in [-0.4, -0.2) is 32.5 Å². The average molecular weight is 348 g/mol. The molecule has 4 nitrogen and oxygen atoms in total. The van der Waals surface area contributed by atoms with E-state index in [1.165, 1.54) is 5.56 Å². The van der Waals surface area contributed by atoms with Gasteiger partial charge in [0.1, 0.15) is 0 Å². The Morgan fingerprint density at radius 1 is 1.19 bits per heavy atom. The van der Waals surface area contributed by atoms with Crippen molar-refractivity contribution in [1.82, 2.24) is 14.7 Å². The van der Waals surface area contributed by atoms with Gasteiger partial charge in [0.15, 0.2) is 0 Å². The number of nitrogens with zero attached hydrogens (tertiary/aromatic N) is 3. The summed E-state index contributed by atoms with van der Waals surface area (Å²) < 4.78 is 1.92. The lowest BCUT2D eigenvalue weighted by atomic mass is 10.2. The average Bonchev–Trinajstić information content (AvgIpc) is 3.08. The highest BCUT2D eigenvalue weighted by Crippen LogP contribution is 2.21. The molecule has 0 aliphatic carbocycles. The van der Waals surface area contributed by atoms with Crippen LogP contribution in [0.2, 0.25) is 0 Å². The minimum absolute atomic E-state index is 0.246. The zero-order valence-electron chi connectivity index (χ0n) is 11.8. The van der Waals surface area contributed by atoms with Crippen LogP contribution in [0.15, 0.2) is 42.7 Å². The molecule has 1 fully saturated rings. The molecule has 5 heteroatoms. The Morgan fingerprint density at radius 2 is 2.00 bits per heavy atom. The maximum absolute atomic E-state index is 11.9. The largest absolute Gasteiger partial charge is 0.338 e. The molecule has 2 heterocycles. The molecule has 1 aliphatic rings. The molecule has 3 rings (SSSR count). The Bertz CT molecular complexity index is 611. The van der Waals surface area contributed by atoms with Crippen LogP contribution in [-0.2, 0) is 17.9 Å². The number of alkyl halides is 1. The lowest BCUT2D eigenvalue weighted by molar-refractivity contribution is -0.128. The van der Waals surface area contributed by atoms with Crippen LogP contribution in [0.1, 0.15) is 17.5 Å². The van der Waals surface area contributed by atoms with E-state index < -0.39 is 0 Å². The van der Waals surface area contributed by atoms with E-state index in [9.17, 15) is 4.79 Å². The second-order valence-corrected chi connectivity index (χ2v) is 6.18. The molecule has 1 saturated heterocycles. The molecule has 2 aromatic rings. The van der Waals surface area contributed by atoms with E-state index in [2.05, 4.69) is 33.2 Å². The lowest BCUT2D eigenvalue weighted by Gasteiger charge is -2.14. The highest BCUT2D eigenvalue weighted by atomic mass is 79.9. The Hall–Kier alpha value is -1.62. The third-order valence-electron chi connectivity index (χ3n) is 3.76. The standard InChI is InChI=1S/C16H18BrN3O/c17-7-14-6-16(21)19(9-14)10-15-8-18-20(12-15)11-13-4-2-1-3-5-13/h1-5,8,12,14H,6-7,9-11H2. The number of halogens is 1. The lowest BCUT2D eigenvalue weighted by Crippen LogP contribution is -2.24. The number of amides is 1. The van der Waals surface area contributed by atoms with Gasteiger partial charge in [-0.15, -0.1) is 0 Å². The van der Waals surface area contributed by atoms with Gasteiger partial charge in [-0.3, -0.25) is 9.48 Å². The first kappa shape index (κ1) is 14.3. The predicted octanol–water partition coefficient (Wildman–Crippen LogP) is 2.67. The number of hydrogen-bond donors (Lipinski definition) is 0. The highest BCUT2D eigenvalue weighted by molar-refractivity contribution is 9.09. The second-order valence-electron chi connectivity index (χ2n) is 5.53. The van der Waals surface area contributed by atoms with Gasteiger partial charge < -0.3 is 4.90 Å².